The second kappa shape index (κ2) is 6.63. The summed E-state index contributed by atoms with van der Waals surface area (Å²) in [6, 6.07) is 1.55. The van der Waals surface area contributed by atoms with Crippen LogP contribution in [0.25, 0.3) is 0 Å². The van der Waals surface area contributed by atoms with E-state index in [2.05, 4.69) is 9.76 Å². The highest BCUT2D eigenvalue weighted by atomic mass is 32.3. The van der Waals surface area contributed by atoms with Crippen molar-refractivity contribution < 1.29 is 31.7 Å². The highest BCUT2D eigenvalue weighted by Crippen LogP contribution is 2.30. The Hall–Kier alpha value is -2.15. The minimum atomic E-state index is -4.81. The molecule has 0 aliphatic carbocycles. The number of amides is 3. The molecule has 2 saturated heterocycles. The minimum absolute atomic E-state index is 0.129. The Bertz CT molecular complexity index is 777. The van der Waals surface area contributed by atoms with E-state index in [0.717, 1.165) is 5.69 Å². The largest absolute Gasteiger partial charge is 0.418 e. The smallest absolute Gasteiger partial charge is 0.352 e. The normalized spacial score (nSPS) is 23.2. The van der Waals surface area contributed by atoms with E-state index in [1.165, 1.54) is 4.90 Å². The second-order valence-corrected chi connectivity index (χ2v) is 6.88. The number of aromatic nitrogens is 1. The first-order valence-electron chi connectivity index (χ1n) is 7.55. The van der Waals surface area contributed by atoms with Crippen molar-refractivity contribution in [1.29, 1.82) is 0 Å². The number of urea groups is 1. The van der Waals surface area contributed by atoms with Gasteiger partial charge in [0.05, 0.1) is 6.04 Å². The Morgan fingerprint density at radius 1 is 1.44 bits per heavy atom. The van der Waals surface area contributed by atoms with E-state index in [1.54, 1.807) is 0 Å². The van der Waals surface area contributed by atoms with Crippen LogP contribution in [0.3, 0.4) is 0 Å². The number of hydrogen-bond acceptors (Lipinski definition) is 6. The van der Waals surface area contributed by atoms with Crippen molar-refractivity contribution in [2.75, 3.05) is 6.54 Å². The van der Waals surface area contributed by atoms with Crippen molar-refractivity contribution in [1.82, 2.24) is 20.0 Å². The standard InChI is InChI=1S/C13H18N4O7S/c1-15-6-2-3-10(15)8-23-14-12(18)11-5-4-9-7-16(11)13(19)17(9)24-25(20,21)22/h2-3,6,9,11H,4-5,7-8H2,1H3,(H,14,18)(H,20,21,22)/t9-,11+/m1/s1. The van der Waals surface area contributed by atoms with Gasteiger partial charge in [-0.2, -0.15) is 13.5 Å². The third-order valence-corrected chi connectivity index (χ3v) is 4.59. The van der Waals surface area contributed by atoms with Gasteiger partial charge < -0.3 is 9.47 Å². The van der Waals surface area contributed by atoms with Gasteiger partial charge in [-0.3, -0.25) is 14.2 Å². The number of fused-ring (bicyclic) bond motifs is 2. The summed E-state index contributed by atoms with van der Waals surface area (Å²) in [7, 11) is -2.97. The molecule has 0 saturated carbocycles. The molecule has 2 bridgehead atoms. The third kappa shape index (κ3) is 3.76. The molecule has 138 valence electrons. The summed E-state index contributed by atoms with van der Waals surface area (Å²) in [5, 5.41) is 0.591. The Morgan fingerprint density at radius 3 is 2.84 bits per heavy atom. The third-order valence-electron chi connectivity index (χ3n) is 4.24. The van der Waals surface area contributed by atoms with E-state index in [4.69, 9.17) is 9.39 Å². The molecule has 2 aliphatic rings. The molecule has 3 amide bonds. The van der Waals surface area contributed by atoms with Gasteiger partial charge in [-0.05, 0) is 25.0 Å². The molecule has 0 unspecified atom stereocenters. The van der Waals surface area contributed by atoms with Crippen LogP contribution in [0.1, 0.15) is 18.5 Å². The fourth-order valence-corrected chi connectivity index (χ4v) is 3.39. The second-order valence-electron chi connectivity index (χ2n) is 5.88. The van der Waals surface area contributed by atoms with Crippen molar-refractivity contribution in [3.05, 3.63) is 24.0 Å². The van der Waals surface area contributed by atoms with Crippen LogP contribution in [0, 0.1) is 0 Å². The fraction of sp³-hybridized carbons (Fsp3) is 0.538. The number of carbonyl (C=O) groups excluding carboxylic acids is 2. The van der Waals surface area contributed by atoms with Crippen LogP contribution in [0.2, 0.25) is 0 Å². The zero-order chi connectivity index (χ0) is 18.2. The van der Waals surface area contributed by atoms with Gasteiger partial charge in [0.25, 0.3) is 5.91 Å². The number of hydrogen-bond donors (Lipinski definition) is 2. The summed E-state index contributed by atoms with van der Waals surface area (Å²) in [4.78, 5) is 30.9. The van der Waals surface area contributed by atoms with E-state index >= 15 is 0 Å². The van der Waals surface area contributed by atoms with Gasteiger partial charge >= 0.3 is 16.4 Å². The minimum Gasteiger partial charge on any atom is -0.352 e. The molecule has 1 aromatic rings. The maximum absolute atomic E-state index is 12.3. The summed E-state index contributed by atoms with van der Waals surface area (Å²) in [6.45, 7) is 0.292. The molecule has 0 aromatic carbocycles. The molecular weight excluding hydrogens is 356 g/mol. The number of nitrogens with one attached hydrogen (secondary N) is 1. The maximum atomic E-state index is 12.3. The lowest BCUT2D eigenvalue weighted by molar-refractivity contribution is -0.140. The molecule has 2 fully saturated rings. The molecule has 2 N–H and O–H groups in total. The van der Waals surface area contributed by atoms with Crippen molar-refractivity contribution >= 4 is 22.3 Å². The van der Waals surface area contributed by atoms with Gasteiger partial charge in [-0.1, -0.05) is 0 Å². The number of rotatable bonds is 6. The van der Waals surface area contributed by atoms with E-state index in [0.29, 0.717) is 17.9 Å². The van der Waals surface area contributed by atoms with Gasteiger partial charge in [0.15, 0.2) is 0 Å². The zero-order valence-corrected chi connectivity index (χ0v) is 14.2. The van der Waals surface area contributed by atoms with Crippen LogP contribution >= 0.6 is 0 Å². The summed E-state index contributed by atoms with van der Waals surface area (Å²) in [5.74, 6) is -0.505. The van der Waals surface area contributed by atoms with E-state index in [-0.39, 0.29) is 13.2 Å². The van der Waals surface area contributed by atoms with Crippen LogP contribution in [0.5, 0.6) is 0 Å². The average Bonchev–Trinajstić information content (AvgIpc) is 3.04. The van der Waals surface area contributed by atoms with Gasteiger partial charge in [0.2, 0.25) is 0 Å². The van der Waals surface area contributed by atoms with Gasteiger partial charge in [0, 0.05) is 25.5 Å². The molecule has 25 heavy (non-hydrogen) atoms. The van der Waals surface area contributed by atoms with Gasteiger partial charge in [-0.15, -0.1) is 4.28 Å². The van der Waals surface area contributed by atoms with E-state index in [1.807, 2.05) is 29.9 Å². The zero-order valence-electron chi connectivity index (χ0n) is 13.4. The quantitative estimate of drug-likeness (QED) is 0.511. The lowest BCUT2D eigenvalue weighted by atomic mass is 10.0. The SMILES string of the molecule is Cn1cccc1CONC(=O)[C@@H]1CC[C@@H]2CN1C(=O)N2OS(=O)(=O)O. The molecule has 3 rings (SSSR count). The fourth-order valence-electron chi connectivity index (χ4n) is 3.00. The lowest BCUT2D eigenvalue weighted by Gasteiger charge is -2.28. The first-order chi connectivity index (χ1) is 11.8. The predicted octanol–water partition coefficient (Wildman–Crippen LogP) is -0.424. The molecule has 11 nitrogen and oxygen atoms in total. The molecule has 12 heteroatoms. The summed E-state index contributed by atoms with van der Waals surface area (Å²) in [6.07, 6.45) is 2.52. The Kier molecular flexibility index (Phi) is 4.69. The number of nitrogens with zero attached hydrogens (tertiary/aromatic N) is 3. The number of piperidine rings is 1. The van der Waals surface area contributed by atoms with Gasteiger partial charge in [-0.25, -0.2) is 10.3 Å². The van der Waals surface area contributed by atoms with Crippen LogP contribution in [0.15, 0.2) is 18.3 Å². The van der Waals surface area contributed by atoms with Crippen molar-refractivity contribution in [3.63, 3.8) is 0 Å². The maximum Gasteiger partial charge on any atom is 0.418 e. The topological polar surface area (TPSA) is 130 Å². The molecule has 1 aromatic heterocycles. The highest BCUT2D eigenvalue weighted by Gasteiger charge is 2.49. The predicted molar refractivity (Wildman–Crippen MR) is 81.7 cm³/mol. The number of carbonyl (C=O) groups is 2. The van der Waals surface area contributed by atoms with Gasteiger partial charge in [0.1, 0.15) is 12.6 Å². The van der Waals surface area contributed by atoms with Crippen LogP contribution in [-0.2, 0) is 38.0 Å². The van der Waals surface area contributed by atoms with Crippen LogP contribution in [-0.4, -0.2) is 58.1 Å². The van der Waals surface area contributed by atoms with E-state index < -0.39 is 34.4 Å². The Morgan fingerprint density at radius 2 is 2.20 bits per heavy atom. The lowest BCUT2D eigenvalue weighted by Crippen LogP contribution is -2.49. The summed E-state index contributed by atoms with van der Waals surface area (Å²) in [5.41, 5.74) is 3.17. The summed E-state index contributed by atoms with van der Waals surface area (Å²) < 4.78 is 36.6. The first kappa shape index (κ1) is 17.7. The van der Waals surface area contributed by atoms with E-state index in [9.17, 15) is 18.0 Å². The Balaban J connectivity index is 1.58. The molecule has 3 heterocycles. The van der Waals surface area contributed by atoms with Crippen LogP contribution in [0.4, 0.5) is 4.79 Å². The highest BCUT2D eigenvalue weighted by molar-refractivity contribution is 7.80. The number of aryl methyl sites for hydroxylation is 1. The molecule has 0 spiro atoms. The monoisotopic (exact) mass is 374 g/mol. The number of hydroxylamine groups is 3. The Labute approximate surface area is 143 Å². The average molecular weight is 374 g/mol. The molecular formula is C13H18N4O7S. The molecule has 0 radical (unpaired) electrons. The van der Waals surface area contributed by atoms with Crippen molar-refractivity contribution in [2.24, 2.45) is 7.05 Å². The first-order valence-corrected chi connectivity index (χ1v) is 8.91. The molecule has 2 aliphatic heterocycles. The summed E-state index contributed by atoms with van der Waals surface area (Å²) >= 11 is 0. The van der Waals surface area contributed by atoms with Crippen molar-refractivity contribution in [3.8, 4) is 0 Å². The van der Waals surface area contributed by atoms with Crippen LogP contribution < -0.4 is 5.48 Å². The molecule has 2 atom stereocenters. The van der Waals surface area contributed by atoms with Crippen molar-refractivity contribution in [2.45, 2.75) is 31.5 Å².